The van der Waals surface area contributed by atoms with Crippen LogP contribution in [0.3, 0.4) is 0 Å². The average Bonchev–Trinajstić information content (AvgIpc) is 1.56. The molecule has 0 spiro atoms. The molecule has 0 heterocycles. The summed E-state index contributed by atoms with van der Waals surface area (Å²) < 4.78 is 12.5. The topological polar surface area (TPSA) is 0 Å². The largest absolute Gasteiger partial charge is 0.216 e. The number of halogens is 1. The summed E-state index contributed by atoms with van der Waals surface area (Å²) in [6.07, 6.45) is 0.750. The Kier molecular flexibility index (Phi) is 2.87. The Balaban J connectivity index is 4.74. The summed E-state index contributed by atoms with van der Waals surface area (Å²) in [6.45, 7) is 12.2. The van der Waals surface area contributed by atoms with E-state index in [1.54, 1.807) is 0 Å². The molecular formula is C10H19F. The van der Waals surface area contributed by atoms with Crippen LogP contribution in [0.25, 0.3) is 0 Å². The maximum absolute atomic E-state index is 12.5. The van der Waals surface area contributed by atoms with Gasteiger partial charge in [-0.15, -0.1) is 0 Å². The van der Waals surface area contributed by atoms with E-state index < -0.39 is 0 Å². The molecule has 0 bridgehead atoms. The molecule has 0 unspecified atom stereocenters. The van der Waals surface area contributed by atoms with Gasteiger partial charge in [0.05, 0.1) is 6.33 Å². The van der Waals surface area contributed by atoms with Crippen molar-refractivity contribution in [2.75, 3.05) is 0 Å². The van der Waals surface area contributed by atoms with Gasteiger partial charge in [0.1, 0.15) is 0 Å². The van der Waals surface area contributed by atoms with E-state index in [4.69, 9.17) is 0 Å². The molecule has 0 aliphatic carbocycles. The van der Waals surface area contributed by atoms with Crippen molar-refractivity contribution in [2.45, 2.75) is 41.5 Å². The third-order valence-corrected chi connectivity index (χ3v) is 1.73. The Morgan fingerprint density at radius 1 is 0.909 bits per heavy atom. The Morgan fingerprint density at radius 2 is 1.18 bits per heavy atom. The molecule has 0 N–H and O–H groups in total. The summed E-state index contributed by atoms with van der Waals surface area (Å²) in [5.41, 5.74) is 0.741. The fourth-order valence-corrected chi connectivity index (χ4v) is 1.45. The van der Waals surface area contributed by atoms with Crippen LogP contribution in [0.4, 0.5) is 4.39 Å². The minimum absolute atomic E-state index is 0.0625. The van der Waals surface area contributed by atoms with E-state index in [2.05, 4.69) is 0 Å². The molecule has 0 amide bonds. The van der Waals surface area contributed by atoms with Gasteiger partial charge in [-0.1, -0.05) is 41.5 Å². The van der Waals surface area contributed by atoms with Crippen molar-refractivity contribution in [3.8, 4) is 0 Å². The highest BCUT2D eigenvalue weighted by molar-refractivity contribution is 5.15. The molecule has 0 atom stereocenters. The summed E-state index contributed by atoms with van der Waals surface area (Å²) in [5, 5.41) is 0. The lowest BCUT2D eigenvalue weighted by atomic mass is 9.73. The Labute approximate surface area is 69.5 Å². The second-order valence-electron chi connectivity index (χ2n) is 5.02. The predicted octanol–water partition coefficient (Wildman–Crippen LogP) is 3.93. The van der Waals surface area contributed by atoms with Crippen LogP contribution in [0.5, 0.6) is 0 Å². The highest BCUT2D eigenvalue weighted by atomic mass is 19.1. The van der Waals surface area contributed by atoms with Crippen LogP contribution < -0.4 is 0 Å². The molecule has 0 fully saturated rings. The molecule has 0 rings (SSSR count). The summed E-state index contributed by atoms with van der Waals surface area (Å²) >= 11 is 0. The summed E-state index contributed by atoms with van der Waals surface area (Å²) in [7, 11) is 0. The first-order chi connectivity index (χ1) is 4.69. The smallest absolute Gasteiger partial charge is 0.0869 e. The summed E-state index contributed by atoms with van der Waals surface area (Å²) in [4.78, 5) is 0. The number of hydrogen-bond donors (Lipinski definition) is 0. The van der Waals surface area contributed by atoms with Gasteiger partial charge in [0, 0.05) is 0 Å². The van der Waals surface area contributed by atoms with Crippen LogP contribution in [-0.2, 0) is 0 Å². The lowest BCUT2D eigenvalue weighted by molar-refractivity contribution is 0.351. The molecule has 66 valence electrons. The van der Waals surface area contributed by atoms with Crippen LogP contribution in [0, 0.1) is 10.8 Å². The Bertz CT molecular complexity index is 137. The normalized spacial score (nSPS) is 13.0. The summed E-state index contributed by atoms with van der Waals surface area (Å²) in [6, 6.07) is 0. The number of hydrogen-bond acceptors (Lipinski definition) is 0. The lowest BCUT2D eigenvalue weighted by Gasteiger charge is -2.32. The zero-order valence-corrected chi connectivity index (χ0v) is 8.46. The molecule has 0 aromatic heterocycles. The van der Waals surface area contributed by atoms with Crippen molar-refractivity contribution in [1.82, 2.24) is 0 Å². The Morgan fingerprint density at radius 3 is 1.18 bits per heavy atom. The van der Waals surface area contributed by atoms with Crippen molar-refractivity contribution in [1.29, 1.82) is 0 Å². The average molecular weight is 158 g/mol. The zero-order valence-electron chi connectivity index (χ0n) is 8.46. The molecule has 0 saturated carbocycles. The number of allylic oxidation sites excluding steroid dienone is 1. The maximum Gasteiger partial charge on any atom is 0.0869 e. The second-order valence-corrected chi connectivity index (χ2v) is 5.02. The first-order valence-electron chi connectivity index (χ1n) is 4.01. The van der Waals surface area contributed by atoms with Crippen molar-refractivity contribution in [3.63, 3.8) is 0 Å². The molecule has 0 saturated heterocycles. The highest BCUT2D eigenvalue weighted by Gasteiger charge is 2.27. The van der Waals surface area contributed by atoms with Crippen molar-refractivity contribution in [2.24, 2.45) is 10.8 Å². The van der Waals surface area contributed by atoms with E-state index in [-0.39, 0.29) is 10.8 Å². The van der Waals surface area contributed by atoms with Gasteiger partial charge in [-0.2, -0.15) is 0 Å². The maximum atomic E-state index is 12.5. The van der Waals surface area contributed by atoms with Gasteiger partial charge in [0.2, 0.25) is 0 Å². The first kappa shape index (κ1) is 10.7. The van der Waals surface area contributed by atoms with Gasteiger partial charge in [-0.3, -0.25) is 0 Å². The Hall–Kier alpha value is -0.330. The molecule has 11 heavy (non-hydrogen) atoms. The van der Waals surface area contributed by atoms with E-state index in [9.17, 15) is 4.39 Å². The van der Waals surface area contributed by atoms with Gasteiger partial charge in [-0.05, 0) is 16.4 Å². The van der Waals surface area contributed by atoms with Gasteiger partial charge in [0.15, 0.2) is 0 Å². The van der Waals surface area contributed by atoms with Crippen LogP contribution in [-0.4, -0.2) is 0 Å². The third kappa shape index (κ3) is 3.04. The van der Waals surface area contributed by atoms with Crippen molar-refractivity contribution >= 4 is 0 Å². The van der Waals surface area contributed by atoms with E-state index in [0.29, 0.717) is 0 Å². The van der Waals surface area contributed by atoms with Crippen LogP contribution >= 0.6 is 0 Å². The molecular weight excluding hydrogens is 139 g/mol. The van der Waals surface area contributed by atoms with Crippen molar-refractivity contribution in [3.05, 3.63) is 11.9 Å². The van der Waals surface area contributed by atoms with E-state index in [0.717, 1.165) is 11.9 Å². The van der Waals surface area contributed by atoms with Gasteiger partial charge < -0.3 is 0 Å². The van der Waals surface area contributed by atoms with Crippen LogP contribution in [0.2, 0.25) is 0 Å². The van der Waals surface area contributed by atoms with Gasteiger partial charge in [0.25, 0.3) is 0 Å². The molecule has 0 aromatic rings. The third-order valence-electron chi connectivity index (χ3n) is 1.73. The molecule has 0 aromatic carbocycles. The van der Waals surface area contributed by atoms with Crippen molar-refractivity contribution < 1.29 is 4.39 Å². The van der Waals surface area contributed by atoms with E-state index in [1.165, 1.54) is 0 Å². The standard InChI is InChI=1S/C10H19F/c1-9(2,3)8(7-11)10(4,5)6/h7H,1-6H3. The van der Waals surface area contributed by atoms with Crippen LogP contribution in [0.1, 0.15) is 41.5 Å². The van der Waals surface area contributed by atoms with Gasteiger partial charge >= 0.3 is 0 Å². The minimum Gasteiger partial charge on any atom is -0.216 e. The number of rotatable bonds is 0. The molecule has 0 radical (unpaired) electrons. The fourth-order valence-electron chi connectivity index (χ4n) is 1.45. The SMILES string of the molecule is CC(C)(C)C(=CF)C(C)(C)C. The molecule has 0 nitrogen and oxygen atoms in total. The highest BCUT2D eigenvalue weighted by Crippen LogP contribution is 2.38. The summed E-state index contributed by atoms with van der Waals surface area (Å²) in [5.74, 6) is 0. The quantitative estimate of drug-likeness (QED) is 0.501. The lowest BCUT2D eigenvalue weighted by Crippen LogP contribution is -2.21. The van der Waals surface area contributed by atoms with E-state index in [1.807, 2.05) is 41.5 Å². The molecule has 0 aliphatic heterocycles. The van der Waals surface area contributed by atoms with Gasteiger partial charge in [-0.25, -0.2) is 4.39 Å². The van der Waals surface area contributed by atoms with E-state index >= 15 is 0 Å². The molecule has 1 heteroatoms. The fraction of sp³-hybridized carbons (Fsp3) is 0.800. The van der Waals surface area contributed by atoms with Crippen LogP contribution in [0.15, 0.2) is 11.9 Å². The monoisotopic (exact) mass is 158 g/mol. The minimum atomic E-state index is -0.0625. The zero-order chi connectivity index (χ0) is 9.28. The predicted molar refractivity (Wildman–Crippen MR) is 48.1 cm³/mol. The molecule has 0 aliphatic rings. The second kappa shape index (κ2) is 2.96. The first-order valence-corrected chi connectivity index (χ1v) is 4.01.